The maximum Gasteiger partial charge on any atom is 0.243 e. The Morgan fingerprint density at radius 3 is 2.48 bits per heavy atom. The van der Waals surface area contributed by atoms with Crippen molar-refractivity contribution in [3.63, 3.8) is 0 Å². The fourth-order valence-corrected chi connectivity index (χ4v) is 5.59. The molecular formula is C23H29ClN2O4S. The number of amides is 1. The largest absolute Gasteiger partial charge is 0.495 e. The van der Waals surface area contributed by atoms with E-state index in [1.165, 1.54) is 29.1 Å². The first-order chi connectivity index (χ1) is 14.8. The number of nitrogens with zero attached hydrogens (tertiary/aromatic N) is 1. The van der Waals surface area contributed by atoms with Crippen molar-refractivity contribution >= 4 is 27.5 Å². The molecule has 3 rings (SSSR count). The molecule has 6 nitrogen and oxygen atoms in total. The van der Waals surface area contributed by atoms with Gasteiger partial charge in [-0.3, -0.25) is 4.79 Å². The molecule has 1 amide bonds. The van der Waals surface area contributed by atoms with Gasteiger partial charge >= 0.3 is 0 Å². The summed E-state index contributed by atoms with van der Waals surface area (Å²) >= 11 is 6.09. The number of aryl methyl sites for hydroxylation is 1. The highest BCUT2D eigenvalue weighted by atomic mass is 35.5. The molecule has 1 atom stereocenters. The molecule has 1 aliphatic rings. The molecular weight excluding hydrogens is 436 g/mol. The van der Waals surface area contributed by atoms with Crippen molar-refractivity contribution in [3.8, 4) is 5.75 Å². The lowest BCUT2D eigenvalue weighted by Crippen LogP contribution is -2.44. The van der Waals surface area contributed by atoms with Crippen molar-refractivity contribution in [3.05, 3.63) is 59.1 Å². The monoisotopic (exact) mass is 464 g/mol. The lowest BCUT2D eigenvalue weighted by atomic mass is 9.96. The van der Waals surface area contributed by atoms with Crippen molar-refractivity contribution in [2.45, 2.75) is 43.5 Å². The Bertz CT molecular complexity index is 990. The van der Waals surface area contributed by atoms with Gasteiger partial charge in [-0.1, -0.05) is 41.9 Å². The zero-order chi connectivity index (χ0) is 22.4. The molecule has 0 unspecified atom stereocenters. The summed E-state index contributed by atoms with van der Waals surface area (Å²) in [5, 5.41) is 3.34. The molecule has 31 heavy (non-hydrogen) atoms. The smallest absolute Gasteiger partial charge is 0.243 e. The zero-order valence-electron chi connectivity index (χ0n) is 17.9. The molecule has 0 aliphatic carbocycles. The quantitative estimate of drug-likeness (QED) is 0.643. The molecule has 2 aromatic rings. The Morgan fingerprint density at radius 2 is 1.87 bits per heavy atom. The van der Waals surface area contributed by atoms with Crippen LogP contribution in [0.5, 0.6) is 5.75 Å². The minimum Gasteiger partial charge on any atom is -0.495 e. The number of rotatable bonds is 8. The lowest BCUT2D eigenvalue weighted by molar-refractivity contribution is -0.126. The van der Waals surface area contributed by atoms with Gasteiger partial charge in [-0.25, -0.2) is 8.42 Å². The van der Waals surface area contributed by atoms with Gasteiger partial charge in [-0.2, -0.15) is 4.31 Å². The van der Waals surface area contributed by atoms with E-state index in [0.717, 1.165) is 12.8 Å². The minimum atomic E-state index is -3.66. The van der Waals surface area contributed by atoms with Gasteiger partial charge in [0, 0.05) is 25.0 Å². The summed E-state index contributed by atoms with van der Waals surface area (Å²) in [4.78, 5) is 12.8. The molecule has 168 valence electrons. The van der Waals surface area contributed by atoms with Gasteiger partial charge in [-0.15, -0.1) is 0 Å². The van der Waals surface area contributed by atoms with Gasteiger partial charge in [0.05, 0.1) is 17.0 Å². The van der Waals surface area contributed by atoms with E-state index in [-0.39, 0.29) is 27.8 Å². The van der Waals surface area contributed by atoms with Crippen molar-refractivity contribution in [1.82, 2.24) is 9.62 Å². The van der Waals surface area contributed by atoms with Gasteiger partial charge in [0.25, 0.3) is 0 Å². The standard InChI is InChI=1S/C23H29ClN2O4S/c1-17(8-9-18-6-4-3-5-7-18)25-23(27)19-12-14-26(15-13-19)31(28,29)20-10-11-22(30-2)21(24)16-20/h3-7,10-11,16-17,19H,8-9,12-15H2,1-2H3,(H,25,27)/t17-/m0/s1. The van der Waals surface area contributed by atoms with Crippen LogP contribution in [0.2, 0.25) is 5.02 Å². The molecule has 1 fully saturated rings. The van der Waals surface area contributed by atoms with E-state index in [1.54, 1.807) is 6.07 Å². The molecule has 0 aromatic heterocycles. The molecule has 0 radical (unpaired) electrons. The Labute approximate surface area is 189 Å². The van der Waals surface area contributed by atoms with Gasteiger partial charge < -0.3 is 10.1 Å². The third-order valence-corrected chi connectivity index (χ3v) is 7.87. The molecule has 0 spiro atoms. The molecule has 1 heterocycles. The third kappa shape index (κ3) is 5.99. The van der Waals surface area contributed by atoms with Crippen LogP contribution in [-0.4, -0.2) is 44.9 Å². The number of sulfonamides is 1. The molecule has 0 bridgehead atoms. The Hall–Kier alpha value is -2.09. The van der Waals surface area contributed by atoms with E-state index in [9.17, 15) is 13.2 Å². The SMILES string of the molecule is COc1ccc(S(=O)(=O)N2CCC(C(=O)N[C@@H](C)CCc3ccccc3)CC2)cc1Cl. The highest BCUT2D eigenvalue weighted by Crippen LogP contribution is 2.30. The fraction of sp³-hybridized carbons (Fsp3) is 0.435. The Balaban J connectivity index is 1.51. The first-order valence-corrected chi connectivity index (χ1v) is 12.3. The Kier molecular flexibility index (Phi) is 7.97. The second-order valence-corrected chi connectivity index (χ2v) is 10.3. The van der Waals surface area contributed by atoms with Crippen molar-refractivity contribution in [1.29, 1.82) is 0 Å². The average molecular weight is 465 g/mol. The third-order valence-electron chi connectivity index (χ3n) is 5.68. The summed E-state index contributed by atoms with van der Waals surface area (Å²) in [7, 11) is -2.18. The second-order valence-electron chi connectivity index (χ2n) is 7.91. The average Bonchev–Trinajstić information content (AvgIpc) is 2.78. The molecule has 8 heteroatoms. The zero-order valence-corrected chi connectivity index (χ0v) is 19.5. The number of piperidine rings is 1. The lowest BCUT2D eigenvalue weighted by Gasteiger charge is -2.31. The highest BCUT2D eigenvalue weighted by molar-refractivity contribution is 7.89. The number of nitrogens with one attached hydrogen (secondary N) is 1. The van der Waals surface area contributed by atoms with Crippen LogP contribution in [0.25, 0.3) is 0 Å². The number of carbonyl (C=O) groups excluding carboxylic acids is 1. The minimum absolute atomic E-state index is 0.00472. The van der Waals surface area contributed by atoms with E-state index in [0.29, 0.717) is 31.7 Å². The number of methoxy groups -OCH3 is 1. The molecule has 1 saturated heterocycles. The van der Waals surface area contributed by atoms with Crippen LogP contribution in [0.15, 0.2) is 53.4 Å². The van der Waals surface area contributed by atoms with E-state index >= 15 is 0 Å². The Morgan fingerprint density at radius 1 is 1.19 bits per heavy atom. The number of ether oxygens (including phenoxy) is 1. The van der Waals surface area contributed by atoms with Crippen LogP contribution in [0.1, 0.15) is 31.7 Å². The predicted octanol–water partition coefficient (Wildman–Crippen LogP) is 3.89. The van der Waals surface area contributed by atoms with E-state index in [1.807, 2.05) is 25.1 Å². The van der Waals surface area contributed by atoms with Gasteiger partial charge in [0.15, 0.2) is 0 Å². The van der Waals surface area contributed by atoms with Crippen LogP contribution in [0.4, 0.5) is 0 Å². The van der Waals surface area contributed by atoms with E-state index < -0.39 is 10.0 Å². The number of benzene rings is 2. The van der Waals surface area contributed by atoms with Gasteiger partial charge in [0.1, 0.15) is 5.75 Å². The summed E-state index contributed by atoms with van der Waals surface area (Å²) in [5.41, 5.74) is 1.25. The number of halogens is 1. The van der Waals surface area contributed by atoms with E-state index in [2.05, 4.69) is 17.4 Å². The van der Waals surface area contributed by atoms with Crippen molar-refractivity contribution in [2.24, 2.45) is 5.92 Å². The van der Waals surface area contributed by atoms with Crippen molar-refractivity contribution in [2.75, 3.05) is 20.2 Å². The van der Waals surface area contributed by atoms with Gasteiger partial charge in [-0.05, 0) is 56.4 Å². The maximum absolute atomic E-state index is 12.9. The van der Waals surface area contributed by atoms with Crippen LogP contribution in [0.3, 0.4) is 0 Å². The first-order valence-electron chi connectivity index (χ1n) is 10.5. The topological polar surface area (TPSA) is 75.7 Å². The van der Waals surface area contributed by atoms with Crippen LogP contribution in [-0.2, 0) is 21.2 Å². The number of hydrogen-bond donors (Lipinski definition) is 1. The van der Waals surface area contributed by atoms with Crippen LogP contribution < -0.4 is 10.1 Å². The van der Waals surface area contributed by atoms with E-state index in [4.69, 9.17) is 16.3 Å². The maximum atomic E-state index is 12.9. The number of hydrogen-bond acceptors (Lipinski definition) is 4. The predicted molar refractivity (Wildman–Crippen MR) is 122 cm³/mol. The summed E-state index contributed by atoms with van der Waals surface area (Å²) in [5.74, 6) is 0.257. The summed E-state index contributed by atoms with van der Waals surface area (Å²) in [6.45, 7) is 2.62. The number of carbonyl (C=O) groups is 1. The first kappa shape index (κ1) is 23.6. The molecule has 1 N–H and O–H groups in total. The van der Waals surface area contributed by atoms with Crippen LogP contribution in [0, 0.1) is 5.92 Å². The highest BCUT2D eigenvalue weighted by Gasteiger charge is 2.32. The summed E-state index contributed by atoms with van der Waals surface area (Å²) in [6.07, 6.45) is 2.77. The second kappa shape index (κ2) is 10.5. The summed E-state index contributed by atoms with van der Waals surface area (Å²) in [6, 6.07) is 14.7. The van der Waals surface area contributed by atoms with Crippen LogP contribution >= 0.6 is 11.6 Å². The molecule has 0 saturated carbocycles. The normalized spacial score (nSPS) is 16.6. The molecule has 1 aliphatic heterocycles. The summed E-state index contributed by atoms with van der Waals surface area (Å²) < 4.78 is 32.4. The molecule has 2 aromatic carbocycles. The van der Waals surface area contributed by atoms with Crippen molar-refractivity contribution < 1.29 is 17.9 Å². The van der Waals surface area contributed by atoms with Gasteiger partial charge in [0.2, 0.25) is 15.9 Å². The fourth-order valence-electron chi connectivity index (χ4n) is 3.78.